The molecule has 1 rings (SSSR count). The van der Waals surface area contributed by atoms with E-state index in [0.717, 1.165) is 25.7 Å². The van der Waals surface area contributed by atoms with Gasteiger partial charge in [-0.05, 0) is 19.8 Å². The number of ether oxygens (including phenoxy) is 1. The maximum Gasteiger partial charge on any atom is 0.227 e. The topological polar surface area (TPSA) is 55.6 Å². The maximum atomic E-state index is 12.2. The second-order valence-electron chi connectivity index (χ2n) is 4.87. The van der Waals surface area contributed by atoms with Crippen molar-refractivity contribution in [1.29, 1.82) is 0 Å². The molecule has 0 spiro atoms. The number of hydrogen-bond donors (Lipinski definition) is 1. The second-order valence-corrected chi connectivity index (χ2v) is 4.87. The van der Waals surface area contributed by atoms with Crippen molar-refractivity contribution in [1.82, 2.24) is 4.90 Å². The monoisotopic (exact) mass is 242 g/mol. The van der Waals surface area contributed by atoms with Crippen LogP contribution in [0.3, 0.4) is 0 Å². The van der Waals surface area contributed by atoms with Crippen LogP contribution in [-0.2, 0) is 9.53 Å². The number of rotatable bonds is 5. The van der Waals surface area contributed by atoms with Crippen molar-refractivity contribution >= 4 is 5.91 Å². The van der Waals surface area contributed by atoms with Crippen LogP contribution in [0.15, 0.2) is 0 Å². The highest BCUT2D eigenvalue weighted by atomic mass is 16.5. The van der Waals surface area contributed by atoms with E-state index in [4.69, 9.17) is 10.5 Å². The predicted octanol–water partition coefficient (Wildman–Crippen LogP) is 1.39. The minimum absolute atomic E-state index is 0.0177. The van der Waals surface area contributed by atoms with Gasteiger partial charge < -0.3 is 15.4 Å². The molecule has 0 bridgehead atoms. The first-order chi connectivity index (χ1) is 8.16. The Morgan fingerprint density at radius 2 is 2.06 bits per heavy atom. The molecule has 4 heteroatoms. The quantitative estimate of drug-likeness (QED) is 0.585. The van der Waals surface area contributed by atoms with Gasteiger partial charge in [-0.25, -0.2) is 0 Å². The summed E-state index contributed by atoms with van der Waals surface area (Å²) in [6.07, 6.45) is 5.42. The zero-order valence-electron chi connectivity index (χ0n) is 11.2. The SMILES string of the molecule is CCOCCN(C)C(=O)C1CCCCCC1N. The van der Waals surface area contributed by atoms with E-state index in [1.165, 1.54) is 6.42 Å². The fourth-order valence-electron chi connectivity index (χ4n) is 2.38. The fraction of sp³-hybridized carbons (Fsp3) is 0.923. The van der Waals surface area contributed by atoms with Crippen LogP contribution in [0.4, 0.5) is 0 Å². The van der Waals surface area contributed by atoms with E-state index < -0.39 is 0 Å². The lowest BCUT2D eigenvalue weighted by Gasteiger charge is -2.26. The fourth-order valence-corrected chi connectivity index (χ4v) is 2.38. The van der Waals surface area contributed by atoms with E-state index >= 15 is 0 Å². The van der Waals surface area contributed by atoms with Gasteiger partial charge >= 0.3 is 0 Å². The smallest absolute Gasteiger partial charge is 0.227 e. The van der Waals surface area contributed by atoms with E-state index in [1.54, 1.807) is 4.90 Å². The van der Waals surface area contributed by atoms with E-state index in [1.807, 2.05) is 14.0 Å². The summed E-state index contributed by atoms with van der Waals surface area (Å²) in [7, 11) is 1.85. The highest BCUT2D eigenvalue weighted by Crippen LogP contribution is 2.23. The molecule has 1 fully saturated rings. The average Bonchev–Trinajstić information content (AvgIpc) is 2.53. The molecule has 1 aliphatic carbocycles. The third-order valence-electron chi connectivity index (χ3n) is 3.54. The Labute approximate surface area is 104 Å². The number of hydrogen-bond acceptors (Lipinski definition) is 3. The van der Waals surface area contributed by atoms with Crippen molar-refractivity contribution in [3.8, 4) is 0 Å². The summed E-state index contributed by atoms with van der Waals surface area (Å²) >= 11 is 0. The van der Waals surface area contributed by atoms with E-state index in [2.05, 4.69) is 0 Å². The molecule has 1 saturated carbocycles. The van der Waals surface area contributed by atoms with Crippen molar-refractivity contribution in [3.05, 3.63) is 0 Å². The van der Waals surface area contributed by atoms with Gasteiger partial charge in [0.1, 0.15) is 0 Å². The summed E-state index contributed by atoms with van der Waals surface area (Å²) < 4.78 is 5.27. The molecule has 0 aliphatic heterocycles. The number of carbonyl (C=O) groups excluding carboxylic acids is 1. The van der Waals surface area contributed by atoms with Crippen LogP contribution < -0.4 is 5.73 Å². The van der Waals surface area contributed by atoms with Gasteiger partial charge in [0.2, 0.25) is 5.91 Å². The lowest BCUT2D eigenvalue weighted by atomic mass is 9.94. The molecule has 4 nitrogen and oxygen atoms in total. The van der Waals surface area contributed by atoms with E-state index in [-0.39, 0.29) is 17.9 Å². The first-order valence-corrected chi connectivity index (χ1v) is 6.75. The number of nitrogens with two attached hydrogens (primary N) is 1. The van der Waals surface area contributed by atoms with Gasteiger partial charge in [0.15, 0.2) is 0 Å². The second kappa shape index (κ2) is 7.67. The highest BCUT2D eigenvalue weighted by molar-refractivity contribution is 5.79. The Morgan fingerprint density at radius 1 is 1.35 bits per heavy atom. The van der Waals surface area contributed by atoms with Crippen molar-refractivity contribution in [2.24, 2.45) is 11.7 Å². The summed E-state index contributed by atoms with van der Waals surface area (Å²) in [6.45, 7) is 3.94. The van der Waals surface area contributed by atoms with Gasteiger partial charge in [0, 0.05) is 26.2 Å². The molecule has 1 amide bonds. The lowest BCUT2D eigenvalue weighted by Crippen LogP contribution is -2.43. The molecule has 0 heterocycles. The normalized spacial score (nSPS) is 25.4. The molecule has 2 N–H and O–H groups in total. The minimum atomic E-state index is 0.0177. The first kappa shape index (κ1) is 14.5. The summed E-state index contributed by atoms with van der Waals surface area (Å²) in [5.41, 5.74) is 6.09. The molecule has 2 unspecified atom stereocenters. The zero-order chi connectivity index (χ0) is 12.7. The van der Waals surface area contributed by atoms with Crippen molar-refractivity contribution in [2.45, 2.75) is 45.1 Å². The highest BCUT2D eigenvalue weighted by Gasteiger charge is 2.28. The molecule has 0 aromatic rings. The van der Waals surface area contributed by atoms with Gasteiger partial charge in [0.25, 0.3) is 0 Å². The zero-order valence-corrected chi connectivity index (χ0v) is 11.2. The molecular formula is C13H26N2O2. The summed E-state index contributed by atoms with van der Waals surface area (Å²) in [4.78, 5) is 14.0. The Hall–Kier alpha value is -0.610. The molecule has 0 aromatic carbocycles. The van der Waals surface area contributed by atoms with Crippen LogP contribution in [-0.4, -0.2) is 43.7 Å². The van der Waals surface area contributed by atoms with Crippen LogP contribution in [0.5, 0.6) is 0 Å². The van der Waals surface area contributed by atoms with Gasteiger partial charge in [-0.3, -0.25) is 4.79 Å². The number of carbonyl (C=O) groups is 1. The number of likely N-dealkylation sites (N-methyl/N-ethyl adjacent to an activating group) is 1. The lowest BCUT2D eigenvalue weighted by molar-refractivity contribution is -0.135. The van der Waals surface area contributed by atoms with Crippen LogP contribution in [0.2, 0.25) is 0 Å². The average molecular weight is 242 g/mol. The Kier molecular flexibility index (Phi) is 6.52. The number of amides is 1. The van der Waals surface area contributed by atoms with Gasteiger partial charge in [-0.1, -0.05) is 19.3 Å². The first-order valence-electron chi connectivity index (χ1n) is 6.75. The molecule has 0 saturated heterocycles. The van der Waals surface area contributed by atoms with Crippen LogP contribution in [0.1, 0.15) is 39.0 Å². The molecule has 100 valence electrons. The molecular weight excluding hydrogens is 216 g/mol. The van der Waals surface area contributed by atoms with Crippen molar-refractivity contribution in [2.75, 3.05) is 26.8 Å². The van der Waals surface area contributed by atoms with Crippen LogP contribution in [0.25, 0.3) is 0 Å². The molecule has 17 heavy (non-hydrogen) atoms. The largest absolute Gasteiger partial charge is 0.380 e. The third kappa shape index (κ3) is 4.64. The van der Waals surface area contributed by atoms with Crippen LogP contribution in [0, 0.1) is 5.92 Å². The third-order valence-corrected chi connectivity index (χ3v) is 3.54. The van der Waals surface area contributed by atoms with Crippen molar-refractivity contribution in [3.63, 3.8) is 0 Å². The molecule has 2 atom stereocenters. The van der Waals surface area contributed by atoms with Crippen LogP contribution >= 0.6 is 0 Å². The van der Waals surface area contributed by atoms with Gasteiger partial charge in [-0.15, -0.1) is 0 Å². The molecule has 0 radical (unpaired) electrons. The molecule has 0 aromatic heterocycles. The van der Waals surface area contributed by atoms with Crippen molar-refractivity contribution < 1.29 is 9.53 Å². The predicted molar refractivity (Wildman–Crippen MR) is 68.7 cm³/mol. The maximum absolute atomic E-state index is 12.2. The molecule has 1 aliphatic rings. The number of nitrogens with zero attached hydrogens (tertiary/aromatic N) is 1. The minimum Gasteiger partial charge on any atom is -0.380 e. The van der Waals surface area contributed by atoms with Gasteiger partial charge in [-0.2, -0.15) is 0 Å². The van der Waals surface area contributed by atoms with Gasteiger partial charge in [0.05, 0.1) is 12.5 Å². The summed E-state index contributed by atoms with van der Waals surface area (Å²) in [6, 6.07) is 0.0412. The van der Waals surface area contributed by atoms with E-state index in [9.17, 15) is 4.79 Å². The Bertz CT molecular complexity index is 233. The summed E-state index contributed by atoms with van der Waals surface area (Å²) in [5, 5.41) is 0. The Balaban J connectivity index is 2.42. The Morgan fingerprint density at radius 3 is 2.76 bits per heavy atom. The standard InChI is InChI=1S/C13H26N2O2/c1-3-17-10-9-15(2)13(16)11-7-5-4-6-8-12(11)14/h11-12H,3-10,14H2,1-2H3. The summed E-state index contributed by atoms with van der Waals surface area (Å²) in [5.74, 6) is 0.211. The van der Waals surface area contributed by atoms with E-state index in [0.29, 0.717) is 19.8 Å².